The maximum atomic E-state index is 13.0. The molecular weight excluding hydrogens is 400 g/mol. The average Bonchev–Trinajstić information content (AvgIpc) is 2.86. The molecule has 0 aromatic heterocycles. The maximum absolute atomic E-state index is 13.0. The standard InChI is InChI=1S/C26H42N4O2/c1-3-21-22(4-2)28-25(31)24(29-23(21)19-15-11-7-5-8-12-16-19)30-26(32)27-20-17-13-9-6-10-14-18-20/h3-4,19-20,24H,5-18H2,1-2H3,(H,28,31)(H2,27,30,32)/b21-3+,22-4+. The van der Waals surface area contributed by atoms with Gasteiger partial charge in [-0.2, -0.15) is 0 Å². The van der Waals surface area contributed by atoms with Gasteiger partial charge in [-0.25, -0.2) is 4.79 Å². The molecule has 3 aliphatic rings. The van der Waals surface area contributed by atoms with E-state index in [1.807, 2.05) is 26.0 Å². The minimum absolute atomic E-state index is 0.176. The van der Waals surface area contributed by atoms with E-state index < -0.39 is 6.17 Å². The van der Waals surface area contributed by atoms with E-state index in [-0.39, 0.29) is 18.0 Å². The van der Waals surface area contributed by atoms with Crippen molar-refractivity contribution in [3.05, 3.63) is 23.4 Å². The second kappa shape index (κ2) is 12.8. The van der Waals surface area contributed by atoms with Gasteiger partial charge in [0, 0.05) is 23.2 Å². The normalized spacial score (nSPS) is 27.4. The van der Waals surface area contributed by atoms with Gasteiger partial charge in [-0.1, -0.05) is 76.4 Å². The van der Waals surface area contributed by atoms with Crippen LogP contribution in [0.4, 0.5) is 4.79 Å². The number of amides is 3. The largest absolute Gasteiger partial charge is 0.335 e. The van der Waals surface area contributed by atoms with Gasteiger partial charge < -0.3 is 16.0 Å². The average molecular weight is 443 g/mol. The van der Waals surface area contributed by atoms with E-state index in [2.05, 4.69) is 16.0 Å². The molecule has 0 aromatic rings. The molecule has 178 valence electrons. The summed E-state index contributed by atoms with van der Waals surface area (Å²) in [6.07, 6.45) is 19.5. The molecule has 6 heteroatoms. The highest BCUT2D eigenvalue weighted by Gasteiger charge is 2.31. The predicted molar refractivity (Wildman–Crippen MR) is 130 cm³/mol. The summed E-state index contributed by atoms with van der Waals surface area (Å²) in [6, 6.07) is -0.113. The van der Waals surface area contributed by atoms with Crippen molar-refractivity contribution in [2.45, 2.75) is 116 Å². The van der Waals surface area contributed by atoms with Crippen LogP contribution in [-0.2, 0) is 4.79 Å². The fraction of sp³-hybridized carbons (Fsp3) is 0.731. The number of carbonyl (C=O) groups excluding carboxylic acids is 2. The molecule has 3 N–H and O–H groups in total. The van der Waals surface area contributed by atoms with Crippen LogP contribution in [0.2, 0.25) is 0 Å². The van der Waals surface area contributed by atoms with Crippen LogP contribution >= 0.6 is 0 Å². The number of hydrogen-bond acceptors (Lipinski definition) is 3. The Labute approximate surface area is 193 Å². The zero-order valence-corrected chi connectivity index (χ0v) is 20.0. The van der Waals surface area contributed by atoms with Crippen LogP contribution in [0.25, 0.3) is 0 Å². The Hall–Kier alpha value is -2.11. The fourth-order valence-corrected chi connectivity index (χ4v) is 5.31. The van der Waals surface area contributed by atoms with E-state index in [4.69, 9.17) is 4.99 Å². The van der Waals surface area contributed by atoms with Gasteiger partial charge in [0.2, 0.25) is 6.17 Å². The molecule has 2 aliphatic carbocycles. The lowest BCUT2D eigenvalue weighted by Crippen LogP contribution is -2.50. The highest BCUT2D eigenvalue weighted by molar-refractivity contribution is 6.09. The first-order valence-corrected chi connectivity index (χ1v) is 12.9. The van der Waals surface area contributed by atoms with Crippen molar-refractivity contribution in [2.75, 3.05) is 0 Å². The smallest absolute Gasteiger partial charge is 0.317 e. The van der Waals surface area contributed by atoms with Crippen LogP contribution in [-0.4, -0.2) is 29.9 Å². The van der Waals surface area contributed by atoms with Crippen LogP contribution in [0.3, 0.4) is 0 Å². The maximum Gasteiger partial charge on any atom is 0.317 e. The second-order valence-corrected chi connectivity index (χ2v) is 9.51. The molecule has 3 amide bonds. The van der Waals surface area contributed by atoms with Gasteiger partial charge in [-0.15, -0.1) is 0 Å². The molecule has 3 rings (SSSR count). The molecule has 1 heterocycles. The number of carbonyl (C=O) groups is 2. The van der Waals surface area contributed by atoms with Crippen molar-refractivity contribution in [1.82, 2.24) is 16.0 Å². The Balaban J connectivity index is 1.78. The van der Waals surface area contributed by atoms with Gasteiger partial charge in [0.15, 0.2) is 0 Å². The van der Waals surface area contributed by atoms with Crippen LogP contribution < -0.4 is 16.0 Å². The lowest BCUT2D eigenvalue weighted by atomic mass is 9.84. The van der Waals surface area contributed by atoms with Gasteiger partial charge in [0.1, 0.15) is 0 Å². The monoisotopic (exact) mass is 442 g/mol. The Morgan fingerprint density at radius 2 is 1.41 bits per heavy atom. The van der Waals surface area contributed by atoms with Crippen LogP contribution in [0.5, 0.6) is 0 Å². The van der Waals surface area contributed by atoms with Gasteiger partial charge in [0.05, 0.1) is 5.71 Å². The number of rotatable bonds is 3. The summed E-state index contributed by atoms with van der Waals surface area (Å²) in [5.41, 5.74) is 2.76. The van der Waals surface area contributed by atoms with Gasteiger partial charge in [0.25, 0.3) is 5.91 Å². The zero-order chi connectivity index (χ0) is 22.8. The molecule has 0 radical (unpaired) electrons. The summed E-state index contributed by atoms with van der Waals surface area (Å²) in [6.45, 7) is 3.93. The summed E-state index contributed by atoms with van der Waals surface area (Å²) < 4.78 is 0. The molecule has 1 aliphatic heterocycles. The number of nitrogens with one attached hydrogen (secondary N) is 3. The topological polar surface area (TPSA) is 82.6 Å². The van der Waals surface area contributed by atoms with Gasteiger partial charge in [-0.3, -0.25) is 9.79 Å². The quantitative estimate of drug-likeness (QED) is 0.539. The molecule has 0 aromatic carbocycles. The van der Waals surface area contributed by atoms with Crippen LogP contribution in [0.1, 0.15) is 104 Å². The number of hydrogen-bond donors (Lipinski definition) is 3. The van der Waals surface area contributed by atoms with Crippen molar-refractivity contribution in [3.63, 3.8) is 0 Å². The molecule has 32 heavy (non-hydrogen) atoms. The number of aliphatic imine (C=N–C) groups is 1. The number of allylic oxidation sites excluding steroid dienone is 3. The summed E-state index contributed by atoms with van der Waals surface area (Å²) in [4.78, 5) is 30.7. The molecule has 1 atom stereocenters. The third kappa shape index (κ3) is 6.94. The van der Waals surface area contributed by atoms with E-state index in [1.54, 1.807) is 0 Å². The Kier molecular flexibility index (Phi) is 9.82. The Morgan fingerprint density at radius 1 is 0.844 bits per heavy atom. The first-order valence-electron chi connectivity index (χ1n) is 12.9. The molecule has 2 saturated carbocycles. The van der Waals surface area contributed by atoms with E-state index in [1.165, 1.54) is 51.4 Å². The Bertz CT molecular complexity index is 724. The molecule has 0 saturated heterocycles. The van der Waals surface area contributed by atoms with E-state index in [9.17, 15) is 9.59 Å². The highest BCUT2D eigenvalue weighted by atomic mass is 16.2. The van der Waals surface area contributed by atoms with Crippen molar-refractivity contribution in [3.8, 4) is 0 Å². The Morgan fingerprint density at radius 3 is 1.97 bits per heavy atom. The van der Waals surface area contributed by atoms with E-state index in [0.717, 1.165) is 55.5 Å². The number of nitrogens with zero attached hydrogens (tertiary/aromatic N) is 1. The predicted octanol–water partition coefficient (Wildman–Crippen LogP) is 5.51. The summed E-state index contributed by atoms with van der Waals surface area (Å²) in [5, 5.41) is 8.98. The van der Waals surface area contributed by atoms with Crippen LogP contribution in [0, 0.1) is 5.92 Å². The lowest BCUT2D eigenvalue weighted by Gasteiger charge is -2.24. The van der Waals surface area contributed by atoms with Crippen molar-refractivity contribution >= 4 is 17.6 Å². The minimum atomic E-state index is -0.906. The summed E-state index contributed by atoms with van der Waals surface area (Å²) in [7, 11) is 0. The lowest BCUT2D eigenvalue weighted by molar-refractivity contribution is -0.121. The molecular formula is C26H42N4O2. The number of urea groups is 1. The zero-order valence-electron chi connectivity index (χ0n) is 20.0. The third-order valence-corrected chi connectivity index (χ3v) is 7.12. The molecule has 2 fully saturated rings. The first kappa shape index (κ1) is 24.5. The van der Waals surface area contributed by atoms with Gasteiger partial charge >= 0.3 is 6.03 Å². The third-order valence-electron chi connectivity index (χ3n) is 7.12. The highest BCUT2D eigenvalue weighted by Crippen LogP contribution is 2.29. The second-order valence-electron chi connectivity index (χ2n) is 9.51. The van der Waals surface area contributed by atoms with E-state index >= 15 is 0 Å². The molecule has 0 spiro atoms. The van der Waals surface area contributed by atoms with Crippen molar-refractivity contribution in [2.24, 2.45) is 10.9 Å². The minimum Gasteiger partial charge on any atom is -0.335 e. The SMILES string of the molecule is C/C=C1/NC(=O)C(NC(=O)NC2CCCCCCC2)N=C(C2CCCCCCC2)/C1=C/C. The van der Waals surface area contributed by atoms with E-state index in [0.29, 0.717) is 5.92 Å². The molecule has 0 bridgehead atoms. The summed E-state index contributed by atoms with van der Waals surface area (Å²) >= 11 is 0. The van der Waals surface area contributed by atoms with Crippen LogP contribution in [0.15, 0.2) is 28.4 Å². The van der Waals surface area contributed by atoms with Gasteiger partial charge in [-0.05, 0) is 39.5 Å². The summed E-state index contributed by atoms with van der Waals surface area (Å²) in [5.74, 6) is 0.0493. The van der Waals surface area contributed by atoms with Crippen molar-refractivity contribution < 1.29 is 9.59 Å². The molecule has 1 unspecified atom stereocenters. The first-order chi connectivity index (χ1) is 15.6. The fourth-order valence-electron chi connectivity index (χ4n) is 5.31. The molecule has 6 nitrogen and oxygen atoms in total. The van der Waals surface area contributed by atoms with Crippen molar-refractivity contribution in [1.29, 1.82) is 0 Å².